The molecule has 6 rings (SSSR count). The molecule has 2 spiro atoms. The number of methoxy groups -OCH3 is 1. The third kappa shape index (κ3) is 2.91. The predicted octanol–water partition coefficient (Wildman–Crippen LogP) is 3.00. The second-order valence-electron chi connectivity index (χ2n) is 11.1. The van der Waals surface area contributed by atoms with Gasteiger partial charge in [0.15, 0.2) is 11.5 Å². The molecule has 1 amide bonds. The smallest absolute Gasteiger partial charge is 0.262 e. The molecule has 0 bridgehead atoms. The summed E-state index contributed by atoms with van der Waals surface area (Å²) in [5, 5.41) is 0. The lowest BCUT2D eigenvalue weighted by Crippen LogP contribution is -2.53. The summed E-state index contributed by atoms with van der Waals surface area (Å²) >= 11 is 0. The lowest BCUT2D eigenvalue weighted by atomic mass is 9.61. The van der Waals surface area contributed by atoms with Crippen LogP contribution in [0.2, 0.25) is 0 Å². The van der Waals surface area contributed by atoms with Crippen LogP contribution in [-0.4, -0.2) is 61.6 Å². The Balaban J connectivity index is 1.41. The Hall–Kier alpha value is -1.92. The summed E-state index contributed by atoms with van der Waals surface area (Å²) in [4.78, 5) is 23.7. The van der Waals surface area contributed by atoms with Gasteiger partial charge < -0.3 is 15.4 Å². The maximum Gasteiger partial charge on any atom is 0.262 e. The van der Waals surface area contributed by atoms with Gasteiger partial charge in [-0.15, -0.1) is 0 Å². The fourth-order valence-corrected chi connectivity index (χ4v) is 7.16. The highest BCUT2D eigenvalue weighted by Crippen LogP contribution is 2.62. The van der Waals surface area contributed by atoms with E-state index < -0.39 is 5.54 Å². The molecule has 2 unspecified atom stereocenters. The predicted molar refractivity (Wildman–Crippen MR) is 124 cm³/mol. The zero-order valence-electron chi connectivity index (χ0n) is 19.5. The molecule has 5 aliphatic rings. The number of carbonyl (C=O) groups is 1. The monoisotopic (exact) mass is 436 g/mol. The molecule has 3 aliphatic carbocycles. The van der Waals surface area contributed by atoms with Crippen LogP contribution in [0, 0.1) is 11.3 Å². The SMILES string of the molecule is COC1CCC2(CC1)Cc1ccc(C3CC3)cc1C21N=C(N)N(CC2CCN(C)C2)C1=O. The van der Waals surface area contributed by atoms with Crippen LogP contribution in [-0.2, 0) is 21.5 Å². The number of benzene rings is 1. The molecular formula is C26H36N4O2. The molecule has 2 N–H and O–H groups in total. The largest absolute Gasteiger partial charge is 0.381 e. The van der Waals surface area contributed by atoms with Crippen molar-refractivity contribution in [1.82, 2.24) is 9.80 Å². The Morgan fingerprint density at radius 3 is 2.62 bits per heavy atom. The van der Waals surface area contributed by atoms with E-state index in [1.165, 1.54) is 24.0 Å². The number of amides is 1. The number of fused-ring (bicyclic) bond motifs is 3. The molecule has 1 saturated heterocycles. The van der Waals surface area contributed by atoms with Crippen LogP contribution in [0.4, 0.5) is 0 Å². The zero-order chi connectivity index (χ0) is 22.1. The Labute approximate surface area is 191 Å². The highest BCUT2D eigenvalue weighted by Gasteiger charge is 2.66. The first-order valence-corrected chi connectivity index (χ1v) is 12.5. The van der Waals surface area contributed by atoms with E-state index in [0.717, 1.165) is 57.2 Å². The zero-order valence-corrected chi connectivity index (χ0v) is 19.5. The van der Waals surface area contributed by atoms with Crippen molar-refractivity contribution in [2.75, 3.05) is 33.8 Å². The number of rotatable bonds is 4. The third-order valence-electron chi connectivity index (χ3n) is 9.14. The fraction of sp³-hybridized carbons (Fsp3) is 0.692. The van der Waals surface area contributed by atoms with E-state index in [4.69, 9.17) is 15.5 Å². The van der Waals surface area contributed by atoms with E-state index in [-0.39, 0.29) is 17.4 Å². The van der Waals surface area contributed by atoms with Crippen molar-refractivity contribution in [1.29, 1.82) is 0 Å². The fourth-order valence-electron chi connectivity index (χ4n) is 7.16. The lowest BCUT2D eigenvalue weighted by Gasteiger charge is -2.45. The van der Waals surface area contributed by atoms with Crippen LogP contribution in [0.25, 0.3) is 0 Å². The van der Waals surface area contributed by atoms with Gasteiger partial charge in [-0.05, 0) is 93.5 Å². The van der Waals surface area contributed by atoms with Crippen LogP contribution in [0.3, 0.4) is 0 Å². The molecule has 6 heteroatoms. The number of nitrogens with zero attached hydrogens (tertiary/aromatic N) is 3. The van der Waals surface area contributed by atoms with Crippen LogP contribution in [0.15, 0.2) is 23.2 Å². The maximum atomic E-state index is 14.4. The maximum absolute atomic E-state index is 14.4. The van der Waals surface area contributed by atoms with Gasteiger partial charge in [0, 0.05) is 25.6 Å². The van der Waals surface area contributed by atoms with Gasteiger partial charge in [-0.2, -0.15) is 0 Å². The molecule has 2 heterocycles. The van der Waals surface area contributed by atoms with Crippen molar-refractivity contribution in [2.45, 2.75) is 68.9 Å². The van der Waals surface area contributed by atoms with Crippen molar-refractivity contribution >= 4 is 11.9 Å². The summed E-state index contributed by atoms with van der Waals surface area (Å²) in [5.74, 6) is 1.68. The van der Waals surface area contributed by atoms with Gasteiger partial charge >= 0.3 is 0 Å². The summed E-state index contributed by atoms with van der Waals surface area (Å²) in [6.07, 6.45) is 8.72. The summed E-state index contributed by atoms with van der Waals surface area (Å²) < 4.78 is 5.69. The highest BCUT2D eigenvalue weighted by atomic mass is 16.5. The van der Waals surface area contributed by atoms with Crippen molar-refractivity contribution in [3.05, 3.63) is 34.9 Å². The number of likely N-dealkylation sites (tertiary alicyclic amines) is 1. The quantitative estimate of drug-likeness (QED) is 0.788. The van der Waals surface area contributed by atoms with Gasteiger partial charge in [0.05, 0.1) is 6.10 Å². The number of aliphatic imine (C=N–C) groups is 1. The minimum Gasteiger partial charge on any atom is -0.381 e. The van der Waals surface area contributed by atoms with Crippen LogP contribution < -0.4 is 5.73 Å². The van der Waals surface area contributed by atoms with E-state index in [1.807, 2.05) is 4.90 Å². The standard InChI is InChI=1S/C26H36N4O2/c1-29-12-9-17(15-29)16-30-23(31)26(28-24(30)27)22-13-19(18-3-4-18)5-6-20(22)14-25(26)10-7-21(32-2)8-11-25/h5-6,13,17-18,21H,3-4,7-12,14-16H2,1-2H3,(H2,27,28). The molecule has 1 aromatic carbocycles. The van der Waals surface area contributed by atoms with E-state index >= 15 is 0 Å². The Morgan fingerprint density at radius 2 is 1.97 bits per heavy atom. The minimum atomic E-state index is -0.847. The van der Waals surface area contributed by atoms with E-state index in [1.54, 1.807) is 7.11 Å². The summed E-state index contributed by atoms with van der Waals surface area (Å²) in [6.45, 7) is 2.80. The molecule has 32 heavy (non-hydrogen) atoms. The molecule has 2 aliphatic heterocycles. The Bertz CT molecular complexity index is 963. The van der Waals surface area contributed by atoms with Crippen molar-refractivity contribution in [3.63, 3.8) is 0 Å². The van der Waals surface area contributed by atoms with Crippen LogP contribution >= 0.6 is 0 Å². The molecule has 6 nitrogen and oxygen atoms in total. The number of guanidine groups is 1. The first-order valence-electron chi connectivity index (χ1n) is 12.5. The average molecular weight is 437 g/mol. The normalized spacial score (nSPS) is 37.0. The first-order chi connectivity index (χ1) is 15.5. The second kappa shape index (κ2) is 7.29. The van der Waals surface area contributed by atoms with Crippen LogP contribution in [0.5, 0.6) is 0 Å². The third-order valence-corrected chi connectivity index (χ3v) is 9.14. The summed E-state index contributed by atoms with van der Waals surface area (Å²) in [5.41, 5.74) is 9.36. The van der Waals surface area contributed by atoms with Gasteiger partial charge in [0.25, 0.3) is 5.91 Å². The van der Waals surface area contributed by atoms with Crippen LogP contribution in [0.1, 0.15) is 67.6 Å². The topological polar surface area (TPSA) is 71.2 Å². The van der Waals surface area contributed by atoms with Gasteiger partial charge in [0.1, 0.15) is 0 Å². The number of ether oxygens (including phenoxy) is 1. The van der Waals surface area contributed by atoms with Crippen molar-refractivity contribution in [3.8, 4) is 0 Å². The molecular weight excluding hydrogens is 400 g/mol. The van der Waals surface area contributed by atoms with E-state index in [2.05, 4.69) is 30.1 Å². The van der Waals surface area contributed by atoms with Crippen molar-refractivity contribution in [2.24, 2.45) is 22.1 Å². The van der Waals surface area contributed by atoms with Gasteiger partial charge in [-0.1, -0.05) is 18.2 Å². The molecule has 0 aromatic heterocycles. The Kier molecular flexibility index (Phi) is 4.71. The summed E-state index contributed by atoms with van der Waals surface area (Å²) in [6, 6.07) is 6.91. The lowest BCUT2D eigenvalue weighted by molar-refractivity contribution is -0.138. The minimum absolute atomic E-state index is 0.132. The summed E-state index contributed by atoms with van der Waals surface area (Å²) in [7, 11) is 3.96. The first kappa shape index (κ1) is 20.7. The highest BCUT2D eigenvalue weighted by molar-refractivity contribution is 6.08. The number of hydrogen-bond acceptors (Lipinski definition) is 5. The van der Waals surface area contributed by atoms with Gasteiger partial charge in [-0.3, -0.25) is 9.69 Å². The molecule has 1 aromatic rings. The molecule has 3 fully saturated rings. The van der Waals surface area contributed by atoms with E-state index in [0.29, 0.717) is 24.3 Å². The average Bonchev–Trinajstić information content (AvgIpc) is 3.45. The molecule has 0 radical (unpaired) electrons. The Morgan fingerprint density at radius 1 is 1.19 bits per heavy atom. The second-order valence-corrected chi connectivity index (χ2v) is 11.1. The molecule has 2 atom stereocenters. The number of hydrogen-bond donors (Lipinski definition) is 1. The van der Waals surface area contributed by atoms with E-state index in [9.17, 15) is 4.79 Å². The van der Waals surface area contributed by atoms with Gasteiger partial charge in [0.2, 0.25) is 0 Å². The number of nitrogens with two attached hydrogens (primary N) is 1. The number of carbonyl (C=O) groups excluding carboxylic acids is 1. The molecule has 172 valence electrons. The molecule has 2 saturated carbocycles. The van der Waals surface area contributed by atoms with Crippen molar-refractivity contribution < 1.29 is 9.53 Å². The van der Waals surface area contributed by atoms with Gasteiger partial charge in [-0.25, -0.2) is 4.99 Å².